The number of aromatic nitrogens is 2. The second kappa shape index (κ2) is 10.5. The highest BCUT2D eigenvalue weighted by Crippen LogP contribution is 2.31. The van der Waals surface area contributed by atoms with E-state index in [4.69, 9.17) is 9.26 Å². The van der Waals surface area contributed by atoms with Crippen molar-refractivity contribution in [3.05, 3.63) is 66.1 Å². The Kier molecular flexibility index (Phi) is 7.25. The predicted molar refractivity (Wildman–Crippen MR) is 116 cm³/mol. The predicted octanol–water partition coefficient (Wildman–Crippen LogP) is 2.75. The number of benzene rings is 2. The van der Waals surface area contributed by atoms with Gasteiger partial charge < -0.3 is 18.7 Å². The zero-order valence-electron chi connectivity index (χ0n) is 17.3. The van der Waals surface area contributed by atoms with Crippen LogP contribution in [0.3, 0.4) is 0 Å². The monoisotopic (exact) mass is 455 g/mol. The second-order valence-corrected chi connectivity index (χ2v) is 8.17. The summed E-state index contributed by atoms with van der Waals surface area (Å²) in [7, 11) is 0. The Morgan fingerprint density at radius 1 is 1.19 bits per heavy atom. The van der Waals surface area contributed by atoms with Gasteiger partial charge in [0, 0.05) is 29.9 Å². The summed E-state index contributed by atoms with van der Waals surface area (Å²) >= 11 is -2.31. The number of ether oxygens (including phenoxy) is 1. The maximum Gasteiger partial charge on any atom is 0.261 e. The Hall–Kier alpha value is -3.08. The summed E-state index contributed by atoms with van der Waals surface area (Å²) in [5.41, 5.74) is 1.55. The molecule has 2 unspecified atom stereocenters. The number of amides is 1. The molecule has 9 nitrogen and oxygen atoms in total. The van der Waals surface area contributed by atoms with Crippen molar-refractivity contribution in [2.24, 2.45) is 0 Å². The maximum absolute atomic E-state index is 12.8. The van der Waals surface area contributed by atoms with Gasteiger partial charge in [-0.1, -0.05) is 47.6 Å². The molecule has 4 rings (SSSR count). The number of rotatable bonds is 8. The Morgan fingerprint density at radius 3 is 2.72 bits per heavy atom. The van der Waals surface area contributed by atoms with E-state index in [0.717, 1.165) is 30.4 Å². The third-order valence-corrected chi connectivity index (χ3v) is 5.64. The van der Waals surface area contributed by atoms with Gasteiger partial charge in [-0.2, -0.15) is 4.98 Å². The molecule has 1 N–H and O–H groups in total. The van der Waals surface area contributed by atoms with Crippen molar-refractivity contribution in [1.29, 1.82) is 0 Å². The Labute approximate surface area is 188 Å². The van der Waals surface area contributed by atoms with Crippen LogP contribution in [-0.2, 0) is 22.6 Å². The molecule has 2 heterocycles. The standard InChI is InChI=1S/C22H24N4O5S/c27-20(15-30-18-6-2-1-3-7-18)26-13-5-4-8-19(26)22-24-21(25-31-22)17-11-9-16(10-12-17)14-23-32(28)29/h1-3,6-7,9-12,19,23H,4-5,8,13-15H2,(H,28,29)/p-1. The SMILES string of the molecule is O=C(COc1ccccc1)N1CCCCC1c1nc(-c2ccc(CNS(=O)[O-])cc2)no1. The summed E-state index contributed by atoms with van der Waals surface area (Å²) in [5.74, 6) is 1.35. The fourth-order valence-corrected chi connectivity index (χ4v) is 3.92. The molecule has 1 aliphatic heterocycles. The summed E-state index contributed by atoms with van der Waals surface area (Å²) < 4.78 is 34.7. The molecular formula is C22H23N4O5S-. The van der Waals surface area contributed by atoms with Crippen molar-refractivity contribution in [1.82, 2.24) is 19.8 Å². The van der Waals surface area contributed by atoms with Crippen LogP contribution in [-0.4, -0.2) is 42.9 Å². The molecule has 0 bridgehead atoms. The highest BCUT2D eigenvalue weighted by molar-refractivity contribution is 7.77. The van der Waals surface area contributed by atoms with Crippen LogP contribution in [0, 0.1) is 0 Å². The van der Waals surface area contributed by atoms with Crippen LogP contribution in [0.25, 0.3) is 11.4 Å². The van der Waals surface area contributed by atoms with E-state index >= 15 is 0 Å². The van der Waals surface area contributed by atoms with E-state index in [-0.39, 0.29) is 25.1 Å². The Balaban J connectivity index is 1.43. The van der Waals surface area contributed by atoms with Gasteiger partial charge >= 0.3 is 0 Å². The first-order valence-corrected chi connectivity index (χ1v) is 11.4. The number of hydrogen-bond donors (Lipinski definition) is 1. The minimum absolute atomic E-state index is 0.0504. The number of piperidine rings is 1. The van der Waals surface area contributed by atoms with Gasteiger partial charge in [-0.15, -0.1) is 0 Å². The Morgan fingerprint density at radius 2 is 1.97 bits per heavy atom. The first-order valence-electron chi connectivity index (χ1n) is 10.3. The number of carbonyl (C=O) groups is 1. The first kappa shape index (κ1) is 22.1. The summed E-state index contributed by atoms with van der Waals surface area (Å²) in [6.07, 6.45) is 2.63. The van der Waals surface area contributed by atoms with E-state index in [1.165, 1.54) is 0 Å². The number of carbonyl (C=O) groups excluding carboxylic acids is 1. The van der Waals surface area contributed by atoms with E-state index in [1.54, 1.807) is 29.2 Å². The topological polar surface area (TPSA) is 121 Å². The quantitative estimate of drug-likeness (QED) is 0.519. The molecule has 1 saturated heterocycles. The van der Waals surface area contributed by atoms with Gasteiger partial charge in [0.05, 0.1) is 0 Å². The molecule has 32 heavy (non-hydrogen) atoms. The van der Waals surface area contributed by atoms with E-state index < -0.39 is 11.3 Å². The third-order valence-electron chi connectivity index (χ3n) is 5.26. The fourth-order valence-electron chi connectivity index (χ4n) is 3.63. The second-order valence-electron chi connectivity index (χ2n) is 7.41. The average molecular weight is 456 g/mol. The van der Waals surface area contributed by atoms with Gasteiger partial charge in [0.15, 0.2) is 6.61 Å². The highest BCUT2D eigenvalue weighted by atomic mass is 32.2. The summed E-state index contributed by atoms with van der Waals surface area (Å²) in [4.78, 5) is 19.1. The smallest absolute Gasteiger partial charge is 0.261 e. The largest absolute Gasteiger partial charge is 0.760 e. The molecule has 2 atom stereocenters. The summed E-state index contributed by atoms with van der Waals surface area (Å²) in [6.45, 7) is 0.769. The summed E-state index contributed by atoms with van der Waals surface area (Å²) in [5, 5.41) is 4.08. The van der Waals surface area contributed by atoms with Crippen LogP contribution < -0.4 is 9.46 Å². The number of nitrogens with zero attached hydrogens (tertiary/aromatic N) is 3. The highest BCUT2D eigenvalue weighted by Gasteiger charge is 2.32. The van der Waals surface area contributed by atoms with Gasteiger partial charge in [0.25, 0.3) is 5.91 Å². The normalized spacial score (nSPS) is 17.2. The van der Waals surface area contributed by atoms with Crippen LogP contribution in [0.15, 0.2) is 59.1 Å². The molecule has 0 saturated carbocycles. The lowest BCUT2D eigenvalue weighted by Crippen LogP contribution is -2.41. The molecule has 10 heteroatoms. The van der Waals surface area contributed by atoms with Crippen LogP contribution in [0.2, 0.25) is 0 Å². The van der Waals surface area contributed by atoms with Gasteiger partial charge in [-0.05, 0) is 37.0 Å². The molecule has 0 spiro atoms. The summed E-state index contributed by atoms with van der Waals surface area (Å²) in [6, 6.07) is 16.1. The van der Waals surface area contributed by atoms with E-state index in [2.05, 4.69) is 14.9 Å². The van der Waals surface area contributed by atoms with Gasteiger partial charge in [-0.3, -0.25) is 9.00 Å². The van der Waals surface area contributed by atoms with Crippen LogP contribution >= 0.6 is 0 Å². The van der Waals surface area contributed by atoms with Crippen molar-refractivity contribution in [3.8, 4) is 17.1 Å². The maximum atomic E-state index is 12.8. The first-order chi connectivity index (χ1) is 15.6. The minimum Gasteiger partial charge on any atom is -0.760 e. The molecule has 0 aliphatic carbocycles. The zero-order chi connectivity index (χ0) is 22.3. The molecule has 1 aliphatic rings. The van der Waals surface area contributed by atoms with E-state index in [0.29, 0.717) is 24.0 Å². The molecule has 1 aromatic heterocycles. The molecule has 3 aromatic rings. The van der Waals surface area contributed by atoms with Crippen molar-refractivity contribution in [2.75, 3.05) is 13.2 Å². The molecule has 0 radical (unpaired) electrons. The lowest BCUT2D eigenvalue weighted by molar-refractivity contribution is -0.138. The zero-order valence-corrected chi connectivity index (χ0v) is 18.1. The van der Waals surface area contributed by atoms with Crippen LogP contribution in [0.5, 0.6) is 5.75 Å². The molecular weight excluding hydrogens is 432 g/mol. The molecule has 1 amide bonds. The molecule has 1 fully saturated rings. The number of likely N-dealkylation sites (tertiary alicyclic amines) is 1. The number of hydrogen-bond acceptors (Lipinski definition) is 7. The van der Waals surface area contributed by atoms with Crippen LogP contribution in [0.1, 0.15) is 36.8 Å². The minimum atomic E-state index is -2.31. The van der Waals surface area contributed by atoms with Crippen molar-refractivity contribution in [3.63, 3.8) is 0 Å². The number of nitrogens with one attached hydrogen (secondary N) is 1. The van der Waals surface area contributed by atoms with Crippen molar-refractivity contribution < 1.29 is 22.8 Å². The van der Waals surface area contributed by atoms with Gasteiger partial charge in [0.1, 0.15) is 11.8 Å². The van der Waals surface area contributed by atoms with Crippen LogP contribution in [0.4, 0.5) is 0 Å². The van der Waals surface area contributed by atoms with Gasteiger partial charge in [0.2, 0.25) is 11.7 Å². The van der Waals surface area contributed by atoms with Crippen molar-refractivity contribution >= 4 is 17.2 Å². The number of para-hydroxylation sites is 1. The van der Waals surface area contributed by atoms with Crippen molar-refractivity contribution in [2.45, 2.75) is 31.8 Å². The third kappa shape index (κ3) is 5.58. The van der Waals surface area contributed by atoms with E-state index in [1.807, 2.05) is 30.3 Å². The fraction of sp³-hybridized carbons (Fsp3) is 0.318. The molecule has 2 aromatic carbocycles. The molecule has 168 valence electrons. The Bertz CT molecular complexity index is 1060. The average Bonchev–Trinajstić information content (AvgIpc) is 3.32. The lowest BCUT2D eigenvalue weighted by atomic mass is 10.0. The van der Waals surface area contributed by atoms with Gasteiger partial charge in [-0.25, -0.2) is 4.72 Å². The lowest BCUT2D eigenvalue weighted by Gasteiger charge is -2.33. The van der Waals surface area contributed by atoms with E-state index in [9.17, 15) is 13.6 Å².